The quantitative estimate of drug-likeness (QED) is 0.762. The maximum absolute atomic E-state index is 12.0. The van der Waals surface area contributed by atoms with E-state index in [1.807, 2.05) is 13.8 Å². The molecule has 8 heteroatoms. The summed E-state index contributed by atoms with van der Waals surface area (Å²) in [6.45, 7) is 4.06. The summed E-state index contributed by atoms with van der Waals surface area (Å²) in [6.07, 6.45) is 0.603. The molecule has 0 aliphatic rings. The van der Waals surface area contributed by atoms with Gasteiger partial charge in [0.25, 0.3) is 0 Å². The molecule has 0 aliphatic heterocycles. The normalized spacial score (nSPS) is 13.6. The Bertz CT molecular complexity index is 554. The summed E-state index contributed by atoms with van der Waals surface area (Å²) in [5, 5.41) is 8.85. The average molecular weight is 340 g/mol. The molecule has 0 radical (unpaired) electrons. The van der Waals surface area contributed by atoms with Gasteiger partial charge < -0.3 is 5.11 Å². The van der Waals surface area contributed by atoms with Crippen molar-refractivity contribution >= 4 is 38.9 Å². The Morgan fingerprint density at radius 3 is 2.55 bits per heavy atom. The zero-order valence-corrected chi connectivity index (χ0v) is 13.7. The summed E-state index contributed by atoms with van der Waals surface area (Å²) in [5.74, 6) is -0.841. The number of sulfonamides is 1. The van der Waals surface area contributed by atoms with Gasteiger partial charge in [-0.2, -0.15) is 0 Å². The van der Waals surface area contributed by atoms with Crippen molar-refractivity contribution in [1.29, 1.82) is 0 Å². The number of aliphatic carboxylic acids is 1. The van der Waals surface area contributed by atoms with Crippen LogP contribution in [-0.2, 0) is 14.8 Å². The zero-order valence-electron chi connectivity index (χ0n) is 11.3. The van der Waals surface area contributed by atoms with Gasteiger partial charge in [-0.15, -0.1) is 11.3 Å². The molecule has 5 nitrogen and oxygen atoms in total. The molecule has 0 aliphatic carbocycles. The molecule has 0 saturated heterocycles. The second kappa shape index (κ2) is 7.40. The minimum Gasteiger partial charge on any atom is -0.481 e. The maximum atomic E-state index is 12.0. The molecular formula is C12H18ClNO4S2. The number of hydrogen-bond donors (Lipinski definition) is 2. The van der Waals surface area contributed by atoms with E-state index >= 15 is 0 Å². The van der Waals surface area contributed by atoms with Gasteiger partial charge in [0.1, 0.15) is 4.21 Å². The monoisotopic (exact) mass is 339 g/mol. The van der Waals surface area contributed by atoms with E-state index in [4.69, 9.17) is 16.7 Å². The van der Waals surface area contributed by atoms with Gasteiger partial charge in [-0.1, -0.05) is 25.4 Å². The van der Waals surface area contributed by atoms with Gasteiger partial charge >= 0.3 is 5.97 Å². The number of carboxylic acids is 1. The lowest BCUT2D eigenvalue weighted by Gasteiger charge is -2.17. The number of halogens is 1. The molecule has 1 aromatic heterocycles. The van der Waals surface area contributed by atoms with Crippen molar-refractivity contribution < 1.29 is 18.3 Å². The number of carboxylic acid groups (broad SMARTS) is 1. The van der Waals surface area contributed by atoms with E-state index in [2.05, 4.69) is 4.72 Å². The number of nitrogens with one attached hydrogen (secondary N) is 1. The first-order valence-electron chi connectivity index (χ1n) is 6.17. The number of thiophene rings is 1. The highest BCUT2D eigenvalue weighted by Crippen LogP contribution is 2.25. The van der Waals surface area contributed by atoms with Gasteiger partial charge in [0.05, 0.1) is 4.34 Å². The highest BCUT2D eigenvalue weighted by atomic mass is 35.5. The van der Waals surface area contributed by atoms with Crippen LogP contribution in [0.4, 0.5) is 0 Å². The molecule has 0 aromatic carbocycles. The van der Waals surface area contributed by atoms with Gasteiger partial charge in [-0.05, 0) is 30.4 Å². The maximum Gasteiger partial charge on any atom is 0.303 e. The van der Waals surface area contributed by atoms with Crippen LogP contribution in [-0.4, -0.2) is 26.0 Å². The average Bonchev–Trinajstić information content (AvgIpc) is 2.72. The van der Waals surface area contributed by atoms with E-state index < -0.39 is 16.0 Å². The topological polar surface area (TPSA) is 83.5 Å². The van der Waals surface area contributed by atoms with E-state index in [1.165, 1.54) is 12.1 Å². The van der Waals surface area contributed by atoms with Crippen LogP contribution in [0.3, 0.4) is 0 Å². The predicted molar refractivity (Wildman–Crippen MR) is 79.7 cm³/mol. The third-order valence-corrected chi connectivity index (χ3v) is 5.79. The number of hydrogen-bond acceptors (Lipinski definition) is 4. The summed E-state index contributed by atoms with van der Waals surface area (Å²) in [6, 6.07) is 2.95. The molecule has 0 amide bonds. The van der Waals surface area contributed by atoms with Crippen LogP contribution < -0.4 is 4.72 Å². The summed E-state index contributed by atoms with van der Waals surface area (Å²) < 4.78 is 27.0. The fraction of sp³-hybridized carbons (Fsp3) is 0.583. The molecule has 114 valence electrons. The molecule has 1 rings (SSSR count). The molecule has 2 N–H and O–H groups in total. The Hall–Kier alpha value is -0.630. The zero-order chi connectivity index (χ0) is 15.3. The van der Waals surface area contributed by atoms with Crippen molar-refractivity contribution in [3.63, 3.8) is 0 Å². The third kappa shape index (κ3) is 5.78. The molecule has 0 unspecified atom stereocenters. The molecule has 0 fully saturated rings. The smallest absolute Gasteiger partial charge is 0.303 e. The third-order valence-electron chi connectivity index (χ3n) is 2.64. The molecule has 0 saturated carbocycles. The second-order valence-corrected chi connectivity index (χ2v) is 8.71. The first-order chi connectivity index (χ1) is 9.20. The van der Waals surface area contributed by atoms with Crippen LogP contribution in [0.15, 0.2) is 16.3 Å². The summed E-state index contributed by atoms with van der Waals surface area (Å²) in [5.41, 5.74) is 0. The van der Waals surface area contributed by atoms with Gasteiger partial charge in [0, 0.05) is 13.0 Å². The van der Waals surface area contributed by atoms with Crippen molar-refractivity contribution in [1.82, 2.24) is 4.72 Å². The predicted octanol–water partition coefficient (Wildman–Crippen LogP) is 2.82. The minimum absolute atomic E-state index is 0.0497. The Balaban J connectivity index is 2.68. The van der Waals surface area contributed by atoms with Crippen molar-refractivity contribution in [3.8, 4) is 0 Å². The van der Waals surface area contributed by atoms with Gasteiger partial charge in [0.15, 0.2) is 0 Å². The van der Waals surface area contributed by atoms with Crippen LogP contribution in [0.5, 0.6) is 0 Å². The fourth-order valence-electron chi connectivity index (χ4n) is 1.89. The van der Waals surface area contributed by atoms with E-state index in [0.717, 1.165) is 11.3 Å². The molecule has 0 bridgehead atoms. The lowest BCUT2D eigenvalue weighted by molar-refractivity contribution is -0.138. The minimum atomic E-state index is -3.61. The summed E-state index contributed by atoms with van der Waals surface area (Å²) >= 11 is 6.69. The molecule has 1 aromatic rings. The lowest BCUT2D eigenvalue weighted by Crippen LogP contribution is -2.30. The van der Waals surface area contributed by atoms with E-state index in [-0.39, 0.29) is 23.1 Å². The first-order valence-corrected chi connectivity index (χ1v) is 8.85. The van der Waals surface area contributed by atoms with Crippen LogP contribution in [0.25, 0.3) is 0 Å². The molecule has 1 atom stereocenters. The molecule has 0 spiro atoms. The van der Waals surface area contributed by atoms with Gasteiger partial charge in [-0.25, -0.2) is 13.1 Å². The molecule has 1 heterocycles. The second-order valence-electron chi connectivity index (χ2n) is 5.00. The highest BCUT2D eigenvalue weighted by molar-refractivity contribution is 7.91. The molecule has 20 heavy (non-hydrogen) atoms. The number of carbonyl (C=O) groups is 1. The van der Waals surface area contributed by atoms with Crippen LogP contribution >= 0.6 is 22.9 Å². The largest absolute Gasteiger partial charge is 0.481 e. The Kier molecular flexibility index (Phi) is 6.44. The Labute approximate surface area is 128 Å². The van der Waals surface area contributed by atoms with Crippen molar-refractivity contribution in [2.24, 2.45) is 11.8 Å². The van der Waals surface area contributed by atoms with Crippen LogP contribution in [0.1, 0.15) is 26.7 Å². The SMILES string of the molecule is CC(C)C[C@H](CNS(=O)(=O)c1ccc(Cl)s1)CC(=O)O. The Morgan fingerprint density at radius 2 is 2.10 bits per heavy atom. The van der Waals surface area contributed by atoms with E-state index in [1.54, 1.807) is 0 Å². The lowest BCUT2D eigenvalue weighted by atomic mass is 9.94. The summed E-state index contributed by atoms with van der Waals surface area (Å²) in [4.78, 5) is 10.8. The standard InChI is InChI=1S/C12H18ClNO4S2/c1-8(2)5-9(6-11(15)16)7-14-20(17,18)12-4-3-10(13)19-12/h3-4,8-9,14H,5-7H2,1-2H3,(H,15,16)/t9-/m0/s1. The highest BCUT2D eigenvalue weighted by Gasteiger charge is 2.21. The van der Waals surface area contributed by atoms with Crippen LogP contribution in [0, 0.1) is 11.8 Å². The summed E-state index contributed by atoms with van der Waals surface area (Å²) in [7, 11) is -3.61. The first kappa shape index (κ1) is 17.4. The van der Waals surface area contributed by atoms with Crippen LogP contribution in [0.2, 0.25) is 4.34 Å². The van der Waals surface area contributed by atoms with Crippen molar-refractivity contribution in [2.75, 3.05) is 6.54 Å². The van der Waals surface area contributed by atoms with Gasteiger partial charge in [0.2, 0.25) is 10.0 Å². The van der Waals surface area contributed by atoms with E-state index in [9.17, 15) is 13.2 Å². The Morgan fingerprint density at radius 1 is 1.45 bits per heavy atom. The van der Waals surface area contributed by atoms with Gasteiger partial charge in [-0.3, -0.25) is 4.79 Å². The number of rotatable bonds is 8. The fourth-order valence-corrected chi connectivity index (χ4v) is 4.54. The van der Waals surface area contributed by atoms with Crippen molar-refractivity contribution in [3.05, 3.63) is 16.5 Å². The van der Waals surface area contributed by atoms with Crippen molar-refractivity contribution in [2.45, 2.75) is 30.9 Å². The van der Waals surface area contributed by atoms with E-state index in [0.29, 0.717) is 16.7 Å². The molecular weight excluding hydrogens is 322 g/mol.